The lowest BCUT2D eigenvalue weighted by Crippen LogP contribution is -2.30. The van der Waals surface area contributed by atoms with E-state index in [0.29, 0.717) is 0 Å². The monoisotopic (exact) mass is 276 g/mol. The number of hydrogen-bond donors (Lipinski definition) is 1. The molecule has 0 fully saturated rings. The number of ether oxygens (including phenoxy) is 1. The Morgan fingerprint density at radius 3 is 2.47 bits per heavy atom. The Kier molecular flexibility index (Phi) is 3.92. The molecule has 0 amide bonds. The van der Waals surface area contributed by atoms with Crippen molar-refractivity contribution in [3.05, 3.63) is 18.2 Å². The molecule has 0 saturated carbocycles. The van der Waals surface area contributed by atoms with E-state index < -0.39 is 30.0 Å². The van der Waals surface area contributed by atoms with Gasteiger partial charge in [0.15, 0.2) is 0 Å². The number of aliphatic carboxylic acids is 1. The summed E-state index contributed by atoms with van der Waals surface area (Å²) in [6.07, 6.45) is 0.162. The SMILES string of the molecule is CC(C)(C)OC(=O)n1cnc(CC(F)(F)C(=O)O)c1. The number of carbonyl (C=O) groups excluding carboxylic acids is 1. The van der Waals surface area contributed by atoms with Crippen LogP contribution in [0.15, 0.2) is 12.5 Å². The molecule has 6 nitrogen and oxygen atoms in total. The van der Waals surface area contributed by atoms with Gasteiger partial charge in [0.05, 0.1) is 12.1 Å². The molecule has 0 aliphatic carbocycles. The molecule has 0 radical (unpaired) electrons. The highest BCUT2D eigenvalue weighted by atomic mass is 19.3. The molecule has 106 valence electrons. The van der Waals surface area contributed by atoms with Crippen LogP contribution in [0.4, 0.5) is 13.6 Å². The summed E-state index contributed by atoms with van der Waals surface area (Å²) in [6, 6.07) is 0. The number of imidazole rings is 1. The summed E-state index contributed by atoms with van der Waals surface area (Å²) >= 11 is 0. The lowest BCUT2D eigenvalue weighted by atomic mass is 10.2. The number of alkyl halides is 2. The van der Waals surface area contributed by atoms with Gasteiger partial charge >= 0.3 is 18.0 Å². The molecule has 19 heavy (non-hydrogen) atoms. The maximum Gasteiger partial charge on any atom is 0.419 e. The lowest BCUT2D eigenvalue weighted by Gasteiger charge is -2.19. The van der Waals surface area contributed by atoms with Gasteiger partial charge in [-0.1, -0.05) is 0 Å². The normalized spacial score (nSPS) is 12.3. The molecule has 0 saturated heterocycles. The standard InChI is InChI=1S/C11H14F2N2O4/c1-10(2,3)19-9(18)15-5-7(14-6-15)4-11(12,13)8(16)17/h5-6H,4H2,1-3H3,(H,16,17). The quantitative estimate of drug-likeness (QED) is 0.912. The zero-order valence-electron chi connectivity index (χ0n) is 10.7. The number of rotatable bonds is 3. The summed E-state index contributed by atoms with van der Waals surface area (Å²) in [7, 11) is 0. The highest BCUT2D eigenvalue weighted by molar-refractivity contribution is 5.75. The van der Waals surface area contributed by atoms with Crippen molar-refractivity contribution in [1.29, 1.82) is 0 Å². The molecule has 0 spiro atoms. The molecule has 0 unspecified atom stereocenters. The molecule has 0 atom stereocenters. The second-order valence-electron chi connectivity index (χ2n) is 4.94. The third kappa shape index (κ3) is 4.31. The molecule has 0 aliphatic heterocycles. The van der Waals surface area contributed by atoms with E-state index in [9.17, 15) is 18.4 Å². The van der Waals surface area contributed by atoms with Gasteiger partial charge in [-0.15, -0.1) is 0 Å². The second kappa shape index (κ2) is 4.94. The minimum atomic E-state index is -3.92. The first kappa shape index (κ1) is 15.1. The summed E-state index contributed by atoms with van der Waals surface area (Å²) in [5.41, 5.74) is -0.940. The Hall–Kier alpha value is -1.99. The zero-order chi connectivity index (χ0) is 14.8. The minimum absolute atomic E-state index is 0.210. The van der Waals surface area contributed by atoms with Crippen LogP contribution in [0.25, 0.3) is 0 Å². The zero-order valence-corrected chi connectivity index (χ0v) is 10.7. The van der Waals surface area contributed by atoms with Gasteiger partial charge in [0.25, 0.3) is 0 Å². The van der Waals surface area contributed by atoms with Gasteiger partial charge in [0.1, 0.15) is 11.9 Å². The van der Waals surface area contributed by atoms with Crippen molar-refractivity contribution < 1.29 is 28.2 Å². The third-order valence-corrected chi connectivity index (χ3v) is 1.96. The van der Waals surface area contributed by atoms with Crippen LogP contribution in [0.3, 0.4) is 0 Å². The first-order chi connectivity index (χ1) is 8.51. The predicted octanol–water partition coefficient (Wildman–Crippen LogP) is 1.93. The van der Waals surface area contributed by atoms with E-state index in [4.69, 9.17) is 9.84 Å². The second-order valence-corrected chi connectivity index (χ2v) is 4.94. The van der Waals surface area contributed by atoms with E-state index in [0.717, 1.165) is 17.1 Å². The van der Waals surface area contributed by atoms with Gasteiger partial charge in [0.2, 0.25) is 0 Å². The van der Waals surface area contributed by atoms with E-state index in [2.05, 4.69) is 4.98 Å². The van der Waals surface area contributed by atoms with Crippen LogP contribution in [-0.2, 0) is 16.0 Å². The van der Waals surface area contributed by atoms with Crippen molar-refractivity contribution in [2.24, 2.45) is 0 Å². The van der Waals surface area contributed by atoms with Gasteiger partial charge in [-0.05, 0) is 20.8 Å². The Labute approximate surface area is 108 Å². The Morgan fingerprint density at radius 1 is 1.42 bits per heavy atom. The maximum atomic E-state index is 12.9. The average Bonchev–Trinajstić information content (AvgIpc) is 2.62. The van der Waals surface area contributed by atoms with E-state index in [1.165, 1.54) is 0 Å². The van der Waals surface area contributed by atoms with E-state index >= 15 is 0 Å². The first-order valence-corrected chi connectivity index (χ1v) is 5.39. The molecule has 1 aromatic rings. The highest BCUT2D eigenvalue weighted by Gasteiger charge is 2.39. The molecule has 0 aliphatic rings. The van der Waals surface area contributed by atoms with Crippen molar-refractivity contribution in [2.75, 3.05) is 0 Å². The van der Waals surface area contributed by atoms with Crippen LogP contribution in [0.5, 0.6) is 0 Å². The summed E-state index contributed by atoms with van der Waals surface area (Å²) in [4.78, 5) is 25.4. The number of carboxylic acids is 1. The van der Waals surface area contributed by atoms with Gasteiger partial charge in [-0.3, -0.25) is 0 Å². The van der Waals surface area contributed by atoms with E-state index in [-0.39, 0.29) is 5.69 Å². The maximum absolute atomic E-state index is 12.9. The largest absolute Gasteiger partial charge is 0.477 e. The summed E-state index contributed by atoms with van der Waals surface area (Å²) < 4.78 is 31.8. The lowest BCUT2D eigenvalue weighted by molar-refractivity contribution is -0.164. The molecule has 1 aromatic heterocycles. The molecule has 0 aromatic carbocycles. The van der Waals surface area contributed by atoms with Gasteiger partial charge in [-0.25, -0.2) is 19.1 Å². The number of carboxylic acid groups (broad SMARTS) is 1. The van der Waals surface area contributed by atoms with Gasteiger partial charge in [-0.2, -0.15) is 8.78 Å². The Morgan fingerprint density at radius 2 is 2.00 bits per heavy atom. The van der Waals surface area contributed by atoms with Gasteiger partial charge in [0, 0.05) is 6.20 Å². The van der Waals surface area contributed by atoms with Crippen molar-refractivity contribution in [1.82, 2.24) is 9.55 Å². The van der Waals surface area contributed by atoms with Gasteiger partial charge < -0.3 is 9.84 Å². The molecule has 0 bridgehead atoms. The minimum Gasteiger partial charge on any atom is -0.477 e. The Bertz CT molecular complexity index is 491. The average molecular weight is 276 g/mol. The number of hydrogen-bond acceptors (Lipinski definition) is 4. The van der Waals surface area contributed by atoms with Crippen molar-refractivity contribution in [3.63, 3.8) is 0 Å². The van der Waals surface area contributed by atoms with E-state index in [1.807, 2.05) is 0 Å². The topological polar surface area (TPSA) is 81.4 Å². The van der Waals surface area contributed by atoms with Crippen molar-refractivity contribution >= 4 is 12.1 Å². The number of aromatic nitrogens is 2. The van der Waals surface area contributed by atoms with Crippen molar-refractivity contribution in [3.8, 4) is 0 Å². The Balaban J connectivity index is 2.78. The smallest absolute Gasteiger partial charge is 0.419 e. The molecule has 1 rings (SSSR count). The first-order valence-electron chi connectivity index (χ1n) is 5.39. The van der Waals surface area contributed by atoms with Crippen LogP contribution >= 0.6 is 0 Å². The van der Waals surface area contributed by atoms with Crippen LogP contribution < -0.4 is 0 Å². The fourth-order valence-electron chi connectivity index (χ4n) is 1.17. The predicted molar refractivity (Wildman–Crippen MR) is 60.1 cm³/mol. The fraction of sp³-hybridized carbons (Fsp3) is 0.545. The number of halogens is 2. The number of nitrogens with zero attached hydrogens (tertiary/aromatic N) is 2. The summed E-state index contributed by atoms with van der Waals surface area (Å²) in [5.74, 6) is -6.16. The van der Waals surface area contributed by atoms with E-state index in [1.54, 1.807) is 20.8 Å². The molecular formula is C11H14F2N2O4. The van der Waals surface area contributed by atoms with Crippen LogP contribution in [0.2, 0.25) is 0 Å². The van der Waals surface area contributed by atoms with Crippen LogP contribution in [0, 0.1) is 0 Å². The summed E-state index contributed by atoms with van der Waals surface area (Å²) in [5, 5.41) is 8.30. The molecule has 8 heteroatoms. The summed E-state index contributed by atoms with van der Waals surface area (Å²) in [6.45, 7) is 4.96. The van der Waals surface area contributed by atoms with Crippen LogP contribution in [0.1, 0.15) is 26.5 Å². The fourth-order valence-corrected chi connectivity index (χ4v) is 1.17. The van der Waals surface area contributed by atoms with Crippen molar-refractivity contribution in [2.45, 2.75) is 38.7 Å². The molecular weight excluding hydrogens is 262 g/mol. The van der Waals surface area contributed by atoms with Crippen LogP contribution in [-0.4, -0.2) is 38.2 Å². The molecule has 1 N–H and O–H groups in total. The molecule has 1 heterocycles. The third-order valence-electron chi connectivity index (χ3n) is 1.96. The highest BCUT2D eigenvalue weighted by Crippen LogP contribution is 2.19. The number of carbonyl (C=O) groups is 2.